The van der Waals surface area contributed by atoms with Gasteiger partial charge in [-0.2, -0.15) is 0 Å². The lowest BCUT2D eigenvalue weighted by Crippen LogP contribution is -2.44. The first-order chi connectivity index (χ1) is 13.7. The van der Waals surface area contributed by atoms with Crippen LogP contribution in [0.4, 0.5) is 11.4 Å². The molecule has 0 atom stereocenters. The molecule has 1 saturated heterocycles. The number of likely N-dealkylation sites (N-methyl/N-ethyl adjacent to an activating group) is 1. The highest BCUT2D eigenvalue weighted by Crippen LogP contribution is 2.40. The average molecular weight is 375 g/mol. The molecule has 6 heteroatoms. The van der Waals surface area contributed by atoms with Gasteiger partial charge in [-0.05, 0) is 56.3 Å². The first kappa shape index (κ1) is 17.3. The molecule has 2 fully saturated rings. The number of amides is 1. The lowest BCUT2D eigenvalue weighted by atomic mass is 10.2. The number of hydrogen-bond acceptors (Lipinski definition) is 4. The topological polar surface area (TPSA) is 52.9 Å². The molecule has 1 amide bonds. The smallest absolute Gasteiger partial charge is 0.276 e. The second-order valence-corrected chi connectivity index (χ2v) is 7.84. The summed E-state index contributed by atoms with van der Waals surface area (Å²) >= 11 is 0. The quantitative estimate of drug-likeness (QED) is 0.761. The second kappa shape index (κ2) is 6.95. The number of piperazine rings is 1. The maximum Gasteiger partial charge on any atom is 0.276 e. The lowest BCUT2D eigenvalue weighted by Gasteiger charge is -2.34. The van der Waals surface area contributed by atoms with Crippen molar-refractivity contribution in [3.05, 3.63) is 60.2 Å². The Labute approximate surface area is 164 Å². The van der Waals surface area contributed by atoms with Gasteiger partial charge < -0.3 is 19.5 Å². The molecule has 0 radical (unpaired) electrons. The fourth-order valence-corrected chi connectivity index (χ4v) is 3.87. The first-order valence-corrected chi connectivity index (χ1v) is 10.0. The summed E-state index contributed by atoms with van der Waals surface area (Å²) in [5, 5.41) is 3.02. The monoisotopic (exact) mass is 375 g/mol. The number of imidazole rings is 1. The number of pyridine rings is 1. The molecule has 1 aromatic carbocycles. The Balaban J connectivity index is 1.34. The molecule has 1 saturated carbocycles. The van der Waals surface area contributed by atoms with Crippen molar-refractivity contribution in [2.75, 3.05) is 43.4 Å². The summed E-state index contributed by atoms with van der Waals surface area (Å²) in [4.78, 5) is 22.3. The van der Waals surface area contributed by atoms with Crippen molar-refractivity contribution in [3.63, 3.8) is 0 Å². The molecule has 0 bridgehead atoms. The zero-order valence-electron chi connectivity index (χ0n) is 16.1. The predicted octanol–water partition coefficient (Wildman–Crippen LogP) is 3.22. The van der Waals surface area contributed by atoms with Gasteiger partial charge in [0.25, 0.3) is 5.91 Å². The summed E-state index contributed by atoms with van der Waals surface area (Å²) in [6, 6.07) is 14.0. The molecule has 1 aliphatic carbocycles. The third kappa shape index (κ3) is 3.24. The maximum atomic E-state index is 12.9. The van der Waals surface area contributed by atoms with Gasteiger partial charge in [0, 0.05) is 49.7 Å². The normalized spacial score (nSPS) is 17.8. The molecule has 6 nitrogen and oxygen atoms in total. The Morgan fingerprint density at radius 3 is 2.50 bits per heavy atom. The second-order valence-electron chi connectivity index (χ2n) is 7.84. The van der Waals surface area contributed by atoms with E-state index in [-0.39, 0.29) is 5.91 Å². The van der Waals surface area contributed by atoms with Gasteiger partial charge >= 0.3 is 0 Å². The number of nitrogens with one attached hydrogen (secondary N) is 1. The van der Waals surface area contributed by atoms with Crippen LogP contribution in [0.2, 0.25) is 0 Å². The van der Waals surface area contributed by atoms with E-state index >= 15 is 0 Å². The summed E-state index contributed by atoms with van der Waals surface area (Å²) in [5.41, 5.74) is 3.38. The standard InChI is InChI=1S/C22H25N5O/c1-25-12-14-26(15-13-25)18-9-7-17(8-10-18)23-22(28)20-19-4-2-3-11-27(19)21(24-20)16-5-6-16/h2-4,7-11,16H,5-6,12-15H2,1H3,(H,23,28). The van der Waals surface area contributed by atoms with E-state index in [9.17, 15) is 4.79 Å². The van der Waals surface area contributed by atoms with Crippen LogP contribution in [-0.4, -0.2) is 53.4 Å². The van der Waals surface area contributed by atoms with Crippen molar-refractivity contribution in [2.24, 2.45) is 0 Å². The molecule has 1 N–H and O–H groups in total. The van der Waals surface area contributed by atoms with E-state index in [2.05, 4.69) is 43.7 Å². The third-order valence-corrected chi connectivity index (χ3v) is 5.73. The molecule has 2 aliphatic rings. The van der Waals surface area contributed by atoms with Gasteiger partial charge in [-0.1, -0.05) is 6.07 Å². The molecule has 3 aromatic rings. The Morgan fingerprint density at radius 2 is 1.79 bits per heavy atom. The van der Waals surface area contributed by atoms with E-state index < -0.39 is 0 Å². The predicted molar refractivity (Wildman–Crippen MR) is 111 cm³/mol. The number of hydrogen-bond donors (Lipinski definition) is 1. The lowest BCUT2D eigenvalue weighted by molar-refractivity contribution is 0.102. The van der Waals surface area contributed by atoms with Gasteiger partial charge in [0.2, 0.25) is 0 Å². The van der Waals surface area contributed by atoms with Crippen molar-refractivity contribution in [3.8, 4) is 0 Å². The Morgan fingerprint density at radius 1 is 1.04 bits per heavy atom. The van der Waals surface area contributed by atoms with Gasteiger partial charge in [-0.15, -0.1) is 0 Å². The van der Waals surface area contributed by atoms with Crippen LogP contribution in [0.3, 0.4) is 0 Å². The van der Waals surface area contributed by atoms with E-state index in [1.165, 1.54) is 5.69 Å². The van der Waals surface area contributed by atoms with E-state index in [1.54, 1.807) is 0 Å². The van der Waals surface area contributed by atoms with Gasteiger partial charge in [0.05, 0.1) is 5.52 Å². The molecular formula is C22H25N5O. The average Bonchev–Trinajstić information content (AvgIpc) is 3.49. The molecular weight excluding hydrogens is 350 g/mol. The maximum absolute atomic E-state index is 12.9. The highest BCUT2D eigenvalue weighted by molar-refractivity contribution is 6.07. The van der Waals surface area contributed by atoms with Crippen LogP contribution >= 0.6 is 0 Å². The van der Waals surface area contributed by atoms with E-state index in [0.29, 0.717) is 11.6 Å². The Kier molecular flexibility index (Phi) is 4.28. The molecule has 28 heavy (non-hydrogen) atoms. The van der Waals surface area contributed by atoms with Crippen molar-refractivity contribution in [1.82, 2.24) is 14.3 Å². The van der Waals surface area contributed by atoms with Gasteiger partial charge in [-0.25, -0.2) is 4.98 Å². The summed E-state index contributed by atoms with van der Waals surface area (Å²) < 4.78 is 2.06. The Hall–Kier alpha value is -2.86. The van der Waals surface area contributed by atoms with Crippen LogP contribution in [0.25, 0.3) is 5.52 Å². The van der Waals surface area contributed by atoms with Crippen LogP contribution in [0.15, 0.2) is 48.7 Å². The third-order valence-electron chi connectivity index (χ3n) is 5.73. The van der Waals surface area contributed by atoms with Crippen LogP contribution in [0.1, 0.15) is 35.1 Å². The van der Waals surface area contributed by atoms with E-state index in [1.807, 2.05) is 36.5 Å². The molecule has 1 aliphatic heterocycles. The number of rotatable bonds is 4. The number of benzene rings is 1. The summed E-state index contributed by atoms with van der Waals surface area (Å²) in [6.45, 7) is 4.23. The Bertz CT molecular complexity index is 997. The summed E-state index contributed by atoms with van der Waals surface area (Å²) in [5.74, 6) is 1.34. The van der Waals surface area contributed by atoms with Crippen molar-refractivity contribution < 1.29 is 4.79 Å². The molecule has 3 heterocycles. The molecule has 5 rings (SSSR count). The zero-order chi connectivity index (χ0) is 19.1. The first-order valence-electron chi connectivity index (χ1n) is 10.0. The zero-order valence-corrected chi connectivity index (χ0v) is 16.1. The highest BCUT2D eigenvalue weighted by Gasteiger charge is 2.30. The van der Waals surface area contributed by atoms with Crippen molar-refractivity contribution in [2.45, 2.75) is 18.8 Å². The minimum atomic E-state index is -0.150. The minimum absolute atomic E-state index is 0.150. The van der Waals surface area contributed by atoms with Crippen LogP contribution in [-0.2, 0) is 0 Å². The number of fused-ring (bicyclic) bond motifs is 1. The van der Waals surface area contributed by atoms with Gasteiger partial charge in [0.1, 0.15) is 5.82 Å². The fraction of sp³-hybridized carbons (Fsp3) is 0.364. The molecule has 144 valence electrons. The number of nitrogens with zero attached hydrogens (tertiary/aromatic N) is 4. The van der Waals surface area contributed by atoms with Crippen LogP contribution in [0, 0.1) is 0 Å². The van der Waals surface area contributed by atoms with Gasteiger partial charge in [0.15, 0.2) is 5.69 Å². The van der Waals surface area contributed by atoms with Crippen LogP contribution in [0.5, 0.6) is 0 Å². The molecule has 2 aromatic heterocycles. The number of carbonyl (C=O) groups is 1. The van der Waals surface area contributed by atoms with Gasteiger partial charge in [-0.3, -0.25) is 4.79 Å². The number of aromatic nitrogens is 2. The molecule has 0 spiro atoms. The summed E-state index contributed by atoms with van der Waals surface area (Å²) in [7, 11) is 2.16. The van der Waals surface area contributed by atoms with Crippen LogP contribution < -0.4 is 10.2 Å². The van der Waals surface area contributed by atoms with Crippen molar-refractivity contribution >= 4 is 22.8 Å². The van der Waals surface area contributed by atoms with Crippen molar-refractivity contribution in [1.29, 1.82) is 0 Å². The largest absolute Gasteiger partial charge is 0.369 e. The highest BCUT2D eigenvalue weighted by atomic mass is 16.1. The number of carbonyl (C=O) groups excluding carboxylic acids is 1. The van der Waals surface area contributed by atoms with E-state index in [4.69, 9.17) is 0 Å². The minimum Gasteiger partial charge on any atom is -0.369 e. The van der Waals surface area contributed by atoms with E-state index in [0.717, 1.165) is 56.0 Å². The SMILES string of the molecule is CN1CCN(c2ccc(NC(=O)c3nc(C4CC4)n4ccccc34)cc2)CC1. The molecule has 0 unspecified atom stereocenters. The number of anilines is 2. The summed E-state index contributed by atoms with van der Waals surface area (Å²) in [6.07, 6.45) is 4.31. The fourth-order valence-electron chi connectivity index (χ4n) is 3.87.